The van der Waals surface area contributed by atoms with E-state index in [9.17, 15) is 9.90 Å². The normalized spacial score (nSPS) is 17.0. The van der Waals surface area contributed by atoms with Gasteiger partial charge in [0.1, 0.15) is 0 Å². The molecule has 132 valence electrons. The number of amides is 1. The fraction of sp³-hybridized carbons (Fsp3) is 0.238. The van der Waals surface area contributed by atoms with Crippen molar-refractivity contribution in [2.24, 2.45) is 0 Å². The molecule has 4 nitrogen and oxygen atoms in total. The molecule has 1 saturated heterocycles. The predicted octanol–water partition coefficient (Wildman–Crippen LogP) is 4.26. The third-order valence-electron chi connectivity index (χ3n) is 4.94. The van der Waals surface area contributed by atoms with Crippen molar-refractivity contribution < 1.29 is 9.90 Å². The number of aliphatic hydroxyl groups excluding tert-OH is 1. The minimum atomic E-state index is -0.0990. The molecule has 1 N–H and O–H groups in total. The molecule has 1 amide bonds. The molecule has 0 radical (unpaired) electrons. The van der Waals surface area contributed by atoms with Crippen molar-refractivity contribution >= 4 is 32.7 Å². The Balaban J connectivity index is 1.90. The van der Waals surface area contributed by atoms with E-state index in [1.165, 1.54) is 0 Å². The molecule has 0 aliphatic carbocycles. The van der Waals surface area contributed by atoms with Gasteiger partial charge in [0.2, 0.25) is 0 Å². The number of halogens is 1. The second-order valence-electron chi connectivity index (χ2n) is 6.53. The van der Waals surface area contributed by atoms with Crippen molar-refractivity contribution in [3.05, 3.63) is 64.6 Å². The summed E-state index contributed by atoms with van der Waals surface area (Å²) < 4.78 is 0.863. The number of benzene rings is 2. The zero-order valence-corrected chi connectivity index (χ0v) is 15.8. The molecule has 5 heteroatoms. The number of carbonyl (C=O) groups is 1. The van der Waals surface area contributed by atoms with Gasteiger partial charge in [0.15, 0.2) is 0 Å². The fourth-order valence-corrected chi connectivity index (χ4v) is 4.05. The van der Waals surface area contributed by atoms with Crippen molar-refractivity contribution in [1.29, 1.82) is 0 Å². The highest BCUT2D eigenvalue weighted by atomic mass is 79.9. The average Bonchev–Trinajstić information content (AvgIpc) is 3.16. The van der Waals surface area contributed by atoms with Gasteiger partial charge in [0.05, 0.1) is 29.4 Å². The van der Waals surface area contributed by atoms with Gasteiger partial charge in [-0.1, -0.05) is 42.5 Å². The van der Waals surface area contributed by atoms with Crippen LogP contribution >= 0.6 is 15.9 Å². The zero-order valence-electron chi connectivity index (χ0n) is 14.2. The van der Waals surface area contributed by atoms with Gasteiger partial charge in [-0.25, -0.2) is 4.98 Å². The summed E-state index contributed by atoms with van der Waals surface area (Å²) in [5, 5.41) is 10.4. The molecule has 0 bridgehead atoms. The third kappa shape index (κ3) is 3.02. The Morgan fingerprint density at radius 1 is 1.19 bits per heavy atom. The minimum Gasteiger partial charge on any atom is -0.394 e. The van der Waals surface area contributed by atoms with E-state index in [0.717, 1.165) is 39.5 Å². The number of pyridine rings is 1. The number of hydrogen-bond donors (Lipinski definition) is 1. The summed E-state index contributed by atoms with van der Waals surface area (Å²) in [7, 11) is 0. The molecule has 3 aromatic rings. The zero-order chi connectivity index (χ0) is 18.1. The summed E-state index contributed by atoms with van der Waals surface area (Å²) in [6.07, 6.45) is 1.77. The SMILES string of the molecule is O=C(c1cc(-c2ccccc2)nc2c(Br)cccc12)N1CCC[C@H]1CO. The van der Waals surface area contributed by atoms with Gasteiger partial charge >= 0.3 is 0 Å². The van der Waals surface area contributed by atoms with Crippen LogP contribution in [0.2, 0.25) is 0 Å². The average molecular weight is 411 g/mol. The Morgan fingerprint density at radius 2 is 2.00 bits per heavy atom. The predicted molar refractivity (Wildman–Crippen MR) is 106 cm³/mol. The van der Waals surface area contributed by atoms with Gasteiger partial charge in [0.25, 0.3) is 5.91 Å². The molecule has 4 rings (SSSR count). The van der Waals surface area contributed by atoms with Crippen molar-refractivity contribution in [2.75, 3.05) is 13.2 Å². The first-order valence-corrected chi connectivity index (χ1v) is 9.55. The number of rotatable bonds is 3. The molecule has 0 spiro atoms. The second-order valence-corrected chi connectivity index (χ2v) is 7.39. The van der Waals surface area contributed by atoms with E-state index < -0.39 is 0 Å². The number of likely N-dealkylation sites (tertiary alicyclic amines) is 1. The molecule has 26 heavy (non-hydrogen) atoms. The molecule has 2 heterocycles. The first kappa shape index (κ1) is 17.2. The molecule has 1 atom stereocenters. The molecule has 0 unspecified atom stereocenters. The Morgan fingerprint density at radius 3 is 2.77 bits per heavy atom. The Kier molecular flexibility index (Phi) is 4.74. The summed E-state index contributed by atoms with van der Waals surface area (Å²) in [4.78, 5) is 19.9. The fourth-order valence-electron chi connectivity index (χ4n) is 3.59. The van der Waals surface area contributed by atoms with Crippen LogP contribution in [0.1, 0.15) is 23.2 Å². The highest BCUT2D eigenvalue weighted by molar-refractivity contribution is 9.10. The van der Waals surface area contributed by atoms with Crippen LogP contribution in [-0.2, 0) is 0 Å². The van der Waals surface area contributed by atoms with Gasteiger partial charge < -0.3 is 10.0 Å². The topological polar surface area (TPSA) is 53.4 Å². The van der Waals surface area contributed by atoms with Crippen LogP contribution < -0.4 is 0 Å². The minimum absolute atomic E-state index is 0.00396. The number of fused-ring (bicyclic) bond motifs is 1. The van der Waals surface area contributed by atoms with Gasteiger partial charge in [-0.2, -0.15) is 0 Å². The second kappa shape index (κ2) is 7.17. The van der Waals surface area contributed by atoms with Gasteiger partial charge in [-0.3, -0.25) is 4.79 Å². The molecule has 1 aliphatic heterocycles. The lowest BCUT2D eigenvalue weighted by Crippen LogP contribution is -2.37. The molecule has 2 aromatic carbocycles. The Labute approximate surface area is 160 Å². The van der Waals surface area contributed by atoms with Crippen molar-refractivity contribution in [2.45, 2.75) is 18.9 Å². The molecule has 1 aromatic heterocycles. The van der Waals surface area contributed by atoms with Gasteiger partial charge in [0, 0.05) is 22.0 Å². The van der Waals surface area contributed by atoms with Crippen LogP contribution in [0.3, 0.4) is 0 Å². The standard InChI is InChI=1S/C21H19BrN2O2/c22-18-10-4-9-16-17(21(26)24-11-5-8-15(24)13-25)12-19(23-20(16)18)14-6-2-1-3-7-14/h1-4,6-7,9-10,12,15,25H,5,8,11,13H2/t15-/m0/s1. The Hall–Kier alpha value is -2.24. The van der Waals surface area contributed by atoms with E-state index in [-0.39, 0.29) is 18.6 Å². The molecule has 0 saturated carbocycles. The first-order chi connectivity index (χ1) is 12.7. The smallest absolute Gasteiger partial charge is 0.254 e. The lowest BCUT2D eigenvalue weighted by Gasteiger charge is -2.24. The van der Waals surface area contributed by atoms with E-state index in [1.54, 1.807) is 4.90 Å². The van der Waals surface area contributed by atoms with Crippen molar-refractivity contribution in [1.82, 2.24) is 9.88 Å². The largest absolute Gasteiger partial charge is 0.394 e. The molecule has 1 aliphatic rings. The number of hydrogen-bond acceptors (Lipinski definition) is 3. The van der Waals surface area contributed by atoms with Crippen LogP contribution in [0.4, 0.5) is 0 Å². The van der Waals surface area contributed by atoms with Gasteiger partial charge in [-0.15, -0.1) is 0 Å². The maximum absolute atomic E-state index is 13.3. The lowest BCUT2D eigenvalue weighted by atomic mass is 10.0. The van der Waals surface area contributed by atoms with Crippen molar-refractivity contribution in [3.63, 3.8) is 0 Å². The number of carbonyl (C=O) groups excluding carboxylic acids is 1. The highest BCUT2D eigenvalue weighted by Crippen LogP contribution is 2.31. The maximum atomic E-state index is 13.3. The lowest BCUT2D eigenvalue weighted by molar-refractivity contribution is 0.0679. The summed E-state index contributed by atoms with van der Waals surface area (Å²) in [5.74, 6) is -0.0377. The van der Waals surface area contributed by atoms with E-state index >= 15 is 0 Å². The van der Waals surface area contributed by atoms with E-state index in [2.05, 4.69) is 15.9 Å². The van der Waals surface area contributed by atoms with Crippen LogP contribution in [0.5, 0.6) is 0 Å². The third-order valence-corrected chi connectivity index (χ3v) is 5.58. The van der Waals surface area contributed by atoms with Crippen LogP contribution in [0.15, 0.2) is 59.1 Å². The maximum Gasteiger partial charge on any atom is 0.254 e. The van der Waals surface area contributed by atoms with Gasteiger partial charge in [-0.05, 0) is 40.9 Å². The summed E-state index contributed by atoms with van der Waals surface area (Å²) in [6.45, 7) is 0.687. The molecule has 1 fully saturated rings. The summed E-state index contributed by atoms with van der Waals surface area (Å²) in [6, 6.07) is 17.4. The van der Waals surface area contributed by atoms with Crippen LogP contribution in [0.25, 0.3) is 22.2 Å². The first-order valence-electron chi connectivity index (χ1n) is 8.75. The Bertz CT molecular complexity index is 959. The highest BCUT2D eigenvalue weighted by Gasteiger charge is 2.30. The number of para-hydroxylation sites is 1. The molecular weight excluding hydrogens is 392 g/mol. The number of aromatic nitrogens is 1. The van der Waals surface area contributed by atoms with E-state index in [4.69, 9.17) is 4.98 Å². The summed E-state index contributed by atoms with van der Waals surface area (Å²) in [5.41, 5.74) is 3.15. The van der Waals surface area contributed by atoms with Crippen LogP contribution in [-0.4, -0.2) is 40.1 Å². The summed E-state index contributed by atoms with van der Waals surface area (Å²) >= 11 is 3.57. The monoisotopic (exact) mass is 410 g/mol. The number of aliphatic hydroxyl groups is 1. The number of nitrogens with zero attached hydrogens (tertiary/aromatic N) is 2. The van der Waals surface area contributed by atoms with E-state index in [1.807, 2.05) is 54.6 Å². The van der Waals surface area contributed by atoms with Crippen LogP contribution in [0, 0.1) is 0 Å². The van der Waals surface area contributed by atoms with E-state index in [0.29, 0.717) is 12.1 Å². The molecular formula is C21H19BrN2O2. The van der Waals surface area contributed by atoms with Crippen molar-refractivity contribution in [3.8, 4) is 11.3 Å². The quantitative estimate of drug-likeness (QED) is 0.701.